The van der Waals surface area contributed by atoms with Gasteiger partial charge in [-0.3, -0.25) is 0 Å². The molecule has 20 heavy (non-hydrogen) atoms. The van der Waals surface area contributed by atoms with Gasteiger partial charge < -0.3 is 14.8 Å². The van der Waals surface area contributed by atoms with Crippen molar-refractivity contribution in [1.29, 1.82) is 0 Å². The zero-order valence-corrected chi connectivity index (χ0v) is 13.2. The van der Waals surface area contributed by atoms with Crippen LogP contribution in [0, 0.1) is 5.41 Å². The second-order valence-electron chi connectivity index (χ2n) is 6.80. The Balaban J connectivity index is 1.94. The number of rotatable bonds is 7. The Bertz CT molecular complexity index is 433. The minimum Gasteiger partial charge on any atom is -0.493 e. The Labute approximate surface area is 122 Å². The van der Waals surface area contributed by atoms with E-state index in [-0.39, 0.29) is 0 Å². The highest BCUT2D eigenvalue weighted by molar-refractivity contribution is 5.43. The van der Waals surface area contributed by atoms with Gasteiger partial charge in [0.15, 0.2) is 11.5 Å². The molecule has 1 aliphatic carbocycles. The van der Waals surface area contributed by atoms with Crippen molar-refractivity contribution >= 4 is 0 Å². The third-order valence-corrected chi connectivity index (χ3v) is 3.51. The highest BCUT2D eigenvalue weighted by Gasteiger charge is 2.20. The molecule has 112 valence electrons. The first-order valence-electron chi connectivity index (χ1n) is 7.51. The lowest BCUT2D eigenvalue weighted by atomic mass is 9.93. The van der Waals surface area contributed by atoms with Crippen LogP contribution >= 0.6 is 0 Å². The van der Waals surface area contributed by atoms with Gasteiger partial charge in [-0.25, -0.2) is 0 Å². The predicted octanol–water partition coefficient (Wildman–Crippen LogP) is 3.76. The summed E-state index contributed by atoms with van der Waals surface area (Å²) < 4.78 is 11.3. The van der Waals surface area contributed by atoms with Crippen LogP contribution in [-0.4, -0.2) is 19.8 Å². The third-order valence-electron chi connectivity index (χ3n) is 3.51. The normalized spacial score (nSPS) is 15.2. The molecule has 0 atom stereocenters. The van der Waals surface area contributed by atoms with Gasteiger partial charge in [-0.2, -0.15) is 0 Å². The molecule has 0 heterocycles. The van der Waals surface area contributed by atoms with Crippen molar-refractivity contribution in [3.05, 3.63) is 23.8 Å². The van der Waals surface area contributed by atoms with Gasteiger partial charge in [0, 0.05) is 12.6 Å². The minimum atomic E-state index is 0.290. The van der Waals surface area contributed by atoms with E-state index in [4.69, 9.17) is 9.47 Å². The summed E-state index contributed by atoms with van der Waals surface area (Å²) in [4.78, 5) is 0. The van der Waals surface area contributed by atoms with Crippen LogP contribution in [0.5, 0.6) is 11.5 Å². The van der Waals surface area contributed by atoms with Crippen LogP contribution in [0.4, 0.5) is 0 Å². The summed E-state index contributed by atoms with van der Waals surface area (Å²) in [5.41, 5.74) is 1.54. The van der Waals surface area contributed by atoms with Gasteiger partial charge in [-0.1, -0.05) is 26.8 Å². The van der Waals surface area contributed by atoms with E-state index in [1.807, 2.05) is 6.07 Å². The van der Waals surface area contributed by atoms with Crippen LogP contribution in [0.3, 0.4) is 0 Å². The Morgan fingerprint density at radius 1 is 1.20 bits per heavy atom. The lowest BCUT2D eigenvalue weighted by Crippen LogP contribution is -2.15. The van der Waals surface area contributed by atoms with Crippen LogP contribution in [-0.2, 0) is 6.54 Å². The van der Waals surface area contributed by atoms with Crippen molar-refractivity contribution in [3.8, 4) is 11.5 Å². The zero-order valence-electron chi connectivity index (χ0n) is 13.2. The summed E-state index contributed by atoms with van der Waals surface area (Å²) in [7, 11) is 1.69. The Morgan fingerprint density at radius 2 is 1.95 bits per heavy atom. The van der Waals surface area contributed by atoms with Crippen LogP contribution in [0.15, 0.2) is 18.2 Å². The van der Waals surface area contributed by atoms with E-state index in [1.165, 1.54) is 18.4 Å². The molecule has 0 radical (unpaired) electrons. The number of methoxy groups -OCH3 is 1. The second kappa shape index (κ2) is 6.49. The van der Waals surface area contributed by atoms with Gasteiger partial charge in [0.1, 0.15) is 0 Å². The van der Waals surface area contributed by atoms with E-state index in [1.54, 1.807) is 7.11 Å². The largest absolute Gasteiger partial charge is 0.493 e. The number of ether oxygens (including phenoxy) is 2. The lowest BCUT2D eigenvalue weighted by Gasteiger charge is -2.19. The zero-order chi connectivity index (χ0) is 14.6. The van der Waals surface area contributed by atoms with Gasteiger partial charge in [0.25, 0.3) is 0 Å². The van der Waals surface area contributed by atoms with Gasteiger partial charge in [-0.15, -0.1) is 0 Å². The average molecular weight is 277 g/mol. The van der Waals surface area contributed by atoms with Crippen LogP contribution in [0.25, 0.3) is 0 Å². The summed E-state index contributed by atoms with van der Waals surface area (Å²) in [6.07, 6.45) is 3.65. The fourth-order valence-corrected chi connectivity index (χ4v) is 1.96. The molecule has 0 amide bonds. The quantitative estimate of drug-likeness (QED) is 0.823. The maximum Gasteiger partial charge on any atom is 0.161 e. The molecule has 3 heteroatoms. The number of nitrogens with one attached hydrogen (secondary N) is 1. The second-order valence-corrected chi connectivity index (χ2v) is 6.80. The molecular formula is C17H27NO2. The molecule has 1 aromatic rings. The van der Waals surface area contributed by atoms with Crippen LogP contribution in [0.1, 0.15) is 45.6 Å². The summed E-state index contributed by atoms with van der Waals surface area (Å²) in [5.74, 6) is 1.67. The molecule has 0 saturated heterocycles. The smallest absolute Gasteiger partial charge is 0.161 e. The van der Waals surface area contributed by atoms with Crippen LogP contribution in [0.2, 0.25) is 0 Å². The van der Waals surface area contributed by atoms with Crippen molar-refractivity contribution in [2.45, 2.75) is 52.6 Å². The molecule has 2 rings (SSSR count). The predicted molar refractivity (Wildman–Crippen MR) is 82.4 cm³/mol. The molecule has 1 N–H and O–H groups in total. The summed E-state index contributed by atoms with van der Waals surface area (Å²) in [6.45, 7) is 8.31. The number of hydrogen-bond acceptors (Lipinski definition) is 3. The summed E-state index contributed by atoms with van der Waals surface area (Å²) in [6, 6.07) is 6.92. The molecule has 0 aromatic heterocycles. The molecule has 3 nitrogen and oxygen atoms in total. The summed E-state index contributed by atoms with van der Waals surface area (Å²) in [5, 5.41) is 3.52. The Morgan fingerprint density at radius 3 is 2.55 bits per heavy atom. The monoisotopic (exact) mass is 277 g/mol. The Hall–Kier alpha value is -1.22. The first-order chi connectivity index (χ1) is 9.48. The van der Waals surface area contributed by atoms with Crippen molar-refractivity contribution in [3.63, 3.8) is 0 Å². The maximum atomic E-state index is 5.91. The van der Waals surface area contributed by atoms with Gasteiger partial charge in [0.05, 0.1) is 13.7 Å². The molecule has 1 aliphatic rings. The highest BCUT2D eigenvalue weighted by atomic mass is 16.5. The van der Waals surface area contributed by atoms with Crippen LogP contribution < -0.4 is 14.8 Å². The Kier molecular flexibility index (Phi) is 4.92. The molecular weight excluding hydrogens is 250 g/mol. The van der Waals surface area contributed by atoms with E-state index >= 15 is 0 Å². The van der Waals surface area contributed by atoms with Crippen molar-refractivity contribution < 1.29 is 9.47 Å². The standard InChI is InChI=1S/C17H27NO2/c1-17(2,3)9-10-20-16-11-13(5-8-15(16)19-4)12-18-14-6-7-14/h5,8,11,14,18H,6-7,9-10,12H2,1-4H3. The van der Waals surface area contributed by atoms with E-state index in [9.17, 15) is 0 Å². The topological polar surface area (TPSA) is 30.5 Å². The highest BCUT2D eigenvalue weighted by Crippen LogP contribution is 2.29. The molecule has 0 spiro atoms. The van der Waals surface area contributed by atoms with Crippen molar-refractivity contribution in [2.75, 3.05) is 13.7 Å². The molecule has 1 fully saturated rings. The van der Waals surface area contributed by atoms with Gasteiger partial charge in [0.2, 0.25) is 0 Å². The fourth-order valence-electron chi connectivity index (χ4n) is 1.96. The SMILES string of the molecule is COc1ccc(CNC2CC2)cc1OCCC(C)(C)C. The first-order valence-corrected chi connectivity index (χ1v) is 7.51. The van der Waals surface area contributed by atoms with Crippen molar-refractivity contribution in [1.82, 2.24) is 5.32 Å². The number of hydrogen-bond donors (Lipinski definition) is 1. The van der Waals surface area contributed by atoms with E-state index in [0.29, 0.717) is 5.41 Å². The molecule has 0 bridgehead atoms. The molecule has 0 aliphatic heterocycles. The van der Waals surface area contributed by atoms with Gasteiger partial charge >= 0.3 is 0 Å². The van der Waals surface area contributed by atoms with E-state index < -0.39 is 0 Å². The first kappa shape index (κ1) is 15.2. The molecule has 1 saturated carbocycles. The molecule has 0 unspecified atom stereocenters. The lowest BCUT2D eigenvalue weighted by molar-refractivity contribution is 0.234. The average Bonchev–Trinajstić information content (AvgIpc) is 3.19. The number of benzene rings is 1. The fraction of sp³-hybridized carbons (Fsp3) is 0.647. The third kappa shape index (κ3) is 5.04. The van der Waals surface area contributed by atoms with Crippen molar-refractivity contribution in [2.24, 2.45) is 5.41 Å². The molecule has 1 aromatic carbocycles. The van der Waals surface area contributed by atoms with E-state index in [2.05, 4.69) is 38.2 Å². The van der Waals surface area contributed by atoms with Gasteiger partial charge in [-0.05, 0) is 42.4 Å². The minimum absolute atomic E-state index is 0.290. The van der Waals surface area contributed by atoms with E-state index in [0.717, 1.165) is 37.1 Å². The summed E-state index contributed by atoms with van der Waals surface area (Å²) >= 11 is 0. The maximum absolute atomic E-state index is 5.91.